The number of halogens is 1. The monoisotopic (exact) mass is 237 g/mol. The summed E-state index contributed by atoms with van der Waals surface area (Å²) in [5.41, 5.74) is 0.871. The number of benzene rings is 1. The molecule has 1 fully saturated rings. The van der Waals surface area contributed by atoms with E-state index in [2.05, 4.69) is 6.07 Å². The predicted octanol–water partition coefficient (Wildman–Crippen LogP) is 2.53. The van der Waals surface area contributed by atoms with Gasteiger partial charge >= 0.3 is 0 Å². The van der Waals surface area contributed by atoms with Crippen LogP contribution >= 0.6 is 11.6 Å². The van der Waals surface area contributed by atoms with Crippen LogP contribution in [0.2, 0.25) is 5.02 Å². The molecule has 3 nitrogen and oxygen atoms in total. The minimum atomic E-state index is -0.176. The number of nitrogens with zero attached hydrogens (tertiary/aromatic N) is 1. The average Bonchev–Trinajstić information content (AvgIpc) is 2.23. The molecule has 16 heavy (non-hydrogen) atoms. The minimum absolute atomic E-state index is 0.176. The average molecular weight is 238 g/mol. The largest absolute Gasteiger partial charge is 0.495 e. The molecule has 1 aliphatic rings. The Morgan fingerprint density at radius 3 is 2.75 bits per heavy atom. The van der Waals surface area contributed by atoms with Crippen LogP contribution < -0.4 is 4.74 Å². The van der Waals surface area contributed by atoms with Crippen molar-refractivity contribution in [2.45, 2.75) is 11.8 Å². The van der Waals surface area contributed by atoms with E-state index >= 15 is 0 Å². The summed E-state index contributed by atoms with van der Waals surface area (Å²) in [5, 5.41) is 9.41. The van der Waals surface area contributed by atoms with Crippen LogP contribution in [0.1, 0.15) is 12.0 Å². The first-order valence-corrected chi connectivity index (χ1v) is 5.38. The van der Waals surface area contributed by atoms with Gasteiger partial charge in [0.25, 0.3) is 0 Å². The predicted molar refractivity (Wildman–Crippen MR) is 60.7 cm³/mol. The summed E-state index contributed by atoms with van der Waals surface area (Å²) in [4.78, 5) is 0. The van der Waals surface area contributed by atoms with E-state index < -0.39 is 0 Å². The van der Waals surface area contributed by atoms with Crippen LogP contribution in [-0.4, -0.2) is 20.3 Å². The zero-order chi connectivity index (χ0) is 11.6. The fraction of sp³-hybridized carbons (Fsp3) is 0.417. The molecule has 4 heteroatoms. The highest BCUT2D eigenvalue weighted by Crippen LogP contribution is 2.38. The Kier molecular flexibility index (Phi) is 3.04. The zero-order valence-electron chi connectivity index (χ0n) is 9.00. The molecule has 1 saturated heterocycles. The molecule has 0 saturated carbocycles. The van der Waals surface area contributed by atoms with Crippen LogP contribution in [0.4, 0.5) is 0 Å². The van der Waals surface area contributed by atoms with E-state index in [1.807, 2.05) is 18.2 Å². The van der Waals surface area contributed by atoms with Gasteiger partial charge in [0.15, 0.2) is 0 Å². The lowest BCUT2D eigenvalue weighted by Gasteiger charge is -2.40. The van der Waals surface area contributed by atoms with E-state index in [9.17, 15) is 0 Å². The molecule has 0 spiro atoms. The van der Waals surface area contributed by atoms with Gasteiger partial charge in [0.1, 0.15) is 5.75 Å². The van der Waals surface area contributed by atoms with Crippen molar-refractivity contribution in [2.24, 2.45) is 0 Å². The number of rotatable bonds is 3. The molecule has 0 N–H and O–H groups in total. The van der Waals surface area contributed by atoms with Crippen molar-refractivity contribution in [2.75, 3.05) is 20.3 Å². The highest BCUT2D eigenvalue weighted by molar-refractivity contribution is 6.32. The summed E-state index contributed by atoms with van der Waals surface area (Å²) in [6.07, 6.45) is 0.454. The van der Waals surface area contributed by atoms with Gasteiger partial charge in [-0.3, -0.25) is 0 Å². The van der Waals surface area contributed by atoms with E-state index in [1.54, 1.807) is 7.11 Å². The second-order valence-electron chi connectivity index (χ2n) is 3.96. The summed E-state index contributed by atoms with van der Waals surface area (Å²) in [7, 11) is 1.58. The molecule has 1 aromatic carbocycles. The molecule has 2 rings (SSSR count). The molecular weight excluding hydrogens is 226 g/mol. The first-order chi connectivity index (χ1) is 7.72. The quantitative estimate of drug-likeness (QED) is 0.811. The van der Waals surface area contributed by atoms with Crippen molar-refractivity contribution < 1.29 is 9.47 Å². The Labute approximate surface area is 99.5 Å². The second kappa shape index (κ2) is 4.32. The molecule has 84 valence electrons. The maximum absolute atomic E-state index is 8.84. The summed E-state index contributed by atoms with van der Waals surface area (Å²) in [6, 6.07) is 7.84. The summed E-state index contributed by atoms with van der Waals surface area (Å²) in [5.74, 6) is 0.651. The molecule has 1 aliphatic heterocycles. The van der Waals surface area contributed by atoms with Gasteiger partial charge < -0.3 is 9.47 Å². The fourth-order valence-corrected chi connectivity index (χ4v) is 2.12. The molecule has 0 aromatic heterocycles. The van der Waals surface area contributed by atoms with Gasteiger partial charge in [-0.05, 0) is 17.7 Å². The molecule has 0 unspecified atom stereocenters. The van der Waals surface area contributed by atoms with E-state index in [0.29, 0.717) is 30.4 Å². The van der Waals surface area contributed by atoms with Crippen LogP contribution in [0, 0.1) is 11.3 Å². The minimum Gasteiger partial charge on any atom is -0.495 e. The highest BCUT2D eigenvalue weighted by Gasteiger charge is 2.40. The highest BCUT2D eigenvalue weighted by atomic mass is 35.5. The van der Waals surface area contributed by atoms with Crippen LogP contribution in [0.15, 0.2) is 18.2 Å². The third kappa shape index (κ3) is 1.75. The van der Waals surface area contributed by atoms with Crippen LogP contribution in [0.5, 0.6) is 5.75 Å². The van der Waals surface area contributed by atoms with Gasteiger partial charge in [-0.15, -0.1) is 0 Å². The summed E-state index contributed by atoms with van der Waals surface area (Å²) < 4.78 is 10.3. The van der Waals surface area contributed by atoms with E-state index in [1.165, 1.54) is 0 Å². The normalized spacial score (nSPS) is 17.3. The maximum atomic E-state index is 8.84. The zero-order valence-corrected chi connectivity index (χ0v) is 9.75. The smallest absolute Gasteiger partial charge is 0.137 e. The van der Waals surface area contributed by atoms with Gasteiger partial charge in [0.2, 0.25) is 0 Å². The number of methoxy groups -OCH3 is 1. The molecule has 1 aromatic rings. The Morgan fingerprint density at radius 1 is 1.56 bits per heavy atom. The number of ether oxygens (including phenoxy) is 2. The molecule has 0 radical (unpaired) electrons. The maximum Gasteiger partial charge on any atom is 0.137 e. The van der Waals surface area contributed by atoms with Crippen molar-refractivity contribution in [3.05, 3.63) is 28.8 Å². The lowest BCUT2D eigenvalue weighted by molar-refractivity contribution is -0.0577. The molecule has 0 aliphatic carbocycles. The van der Waals surface area contributed by atoms with Crippen molar-refractivity contribution in [3.8, 4) is 11.8 Å². The third-order valence-corrected chi connectivity index (χ3v) is 3.23. The standard InChI is InChI=1S/C12H12ClNO2/c1-15-11-3-2-9(6-10(11)13)12(4-5-14)7-16-8-12/h2-3,6H,4,7-8H2,1H3. The van der Waals surface area contributed by atoms with Crippen molar-refractivity contribution in [1.82, 2.24) is 0 Å². The Bertz CT molecular complexity index is 435. The lowest BCUT2D eigenvalue weighted by atomic mass is 9.76. The first kappa shape index (κ1) is 11.3. The first-order valence-electron chi connectivity index (χ1n) is 5.00. The lowest BCUT2D eigenvalue weighted by Crippen LogP contribution is -2.46. The van der Waals surface area contributed by atoms with Crippen molar-refractivity contribution in [1.29, 1.82) is 5.26 Å². The van der Waals surface area contributed by atoms with E-state index in [-0.39, 0.29) is 5.41 Å². The Balaban J connectivity index is 2.33. The summed E-state index contributed by atoms with van der Waals surface area (Å²) >= 11 is 6.07. The second-order valence-corrected chi connectivity index (χ2v) is 4.36. The van der Waals surface area contributed by atoms with Gasteiger partial charge in [-0.25, -0.2) is 0 Å². The van der Waals surface area contributed by atoms with Crippen LogP contribution in [0.25, 0.3) is 0 Å². The molecule has 0 atom stereocenters. The van der Waals surface area contributed by atoms with Crippen LogP contribution in [-0.2, 0) is 10.2 Å². The summed E-state index contributed by atoms with van der Waals surface area (Å²) in [6.45, 7) is 1.17. The third-order valence-electron chi connectivity index (χ3n) is 2.94. The topological polar surface area (TPSA) is 42.2 Å². The van der Waals surface area contributed by atoms with Gasteiger partial charge in [0, 0.05) is 6.42 Å². The Morgan fingerprint density at radius 2 is 2.31 bits per heavy atom. The van der Waals surface area contributed by atoms with Gasteiger partial charge in [-0.2, -0.15) is 5.26 Å². The fourth-order valence-electron chi connectivity index (χ4n) is 1.87. The SMILES string of the molecule is COc1ccc(C2(CC#N)COC2)cc1Cl. The van der Waals surface area contributed by atoms with Crippen LogP contribution in [0.3, 0.4) is 0 Å². The molecule has 1 heterocycles. The van der Waals surface area contributed by atoms with E-state index in [4.69, 9.17) is 26.3 Å². The van der Waals surface area contributed by atoms with E-state index in [0.717, 1.165) is 5.56 Å². The molecule has 0 amide bonds. The molecular formula is C12H12ClNO2. The number of nitriles is 1. The molecule has 0 bridgehead atoms. The van der Waals surface area contributed by atoms with Crippen molar-refractivity contribution >= 4 is 11.6 Å². The number of hydrogen-bond donors (Lipinski definition) is 0. The Hall–Kier alpha value is -1.24. The van der Waals surface area contributed by atoms with Crippen molar-refractivity contribution in [3.63, 3.8) is 0 Å². The van der Waals surface area contributed by atoms with Gasteiger partial charge in [-0.1, -0.05) is 17.7 Å². The number of hydrogen-bond acceptors (Lipinski definition) is 3. The van der Waals surface area contributed by atoms with Gasteiger partial charge in [0.05, 0.1) is 36.8 Å².